The maximum Gasteiger partial charge on any atom is 0.00798 e. The third-order valence-corrected chi connectivity index (χ3v) is 3.26. The maximum atomic E-state index is 2.35. The molecule has 1 aromatic rings. The Balaban J connectivity index is 2.30. The van der Waals surface area contributed by atoms with Crippen LogP contribution in [-0.4, -0.2) is 0 Å². The first-order valence-corrected chi connectivity index (χ1v) is 4.79. The van der Waals surface area contributed by atoms with E-state index in [0.29, 0.717) is 0 Å². The van der Waals surface area contributed by atoms with Crippen molar-refractivity contribution in [1.29, 1.82) is 0 Å². The van der Waals surface area contributed by atoms with E-state index in [1.54, 1.807) is 10.4 Å². The Bertz CT molecular complexity index is 224. The summed E-state index contributed by atoms with van der Waals surface area (Å²) in [5.74, 6) is 0.922. The van der Waals surface area contributed by atoms with Crippen molar-refractivity contribution in [2.75, 3.05) is 0 Å². The maximum absolute atomic E-state index is 2.35. The average molecular weight is 152 g/mol. The van der Waals surface area contributed by atoms with Crippen LogP contribution in [0.4, 0.5) is 0 Å². The summed E-state index contributed by atoms with van der Waals surface area (Å²) < 4.78 is 0. The van der Waals surface area contributed by atoms with Gasteiger partial charge in [-0.15, -0.1) is 11.3 Å². The molecule has 0 fully saturated rings. The Morgan fingerprint density at radius 1 is 1.60 bits per heavy atom. The fourth-order valence-corrected chi connectivity index (χ4v) is 2.69. The SMILES string of the molecule is CC1CCc2ccsc2C1. The second-order valence-electron chi connectivity index (χ2n) is 3.22. The Hall–Kier alpha value is -0.300. The van der Waals surface area contributed by atoms with E-state index in [-0.39, 0.29) is 0 Å². The van der Waals surface area contributed by atoms with E-state index in [2.05, 4.69) is 18.4 Å². The van der Waals surface area contributed by atoms with Crippen molar-refractivity contribution in [2.24, 2.45) is 5.92 Å². The molecule has 0 radical (unpaired) electrons. The summed E-state index contributed by atoms with van der Waals surface area (Å²) >= 11 is 1.93. The Morgan fingerprint density at radius 3 is 3.40 bits per heavy atom. The molecule has 2 rings (SSSR count). The summed E-state index contributed by atoms with van der Waals surface area (Å²) in [6.07, 6.45) is 4.04. The molecule has 0 amide bonds. The van der Waals surface area contributed by atoms with Crippen LogP contribution < -0.4 is 0 Å². The molecule has 1 atom stereocenters. The van der Waals surface area contributed by atoms with E-state index in [9.17, 15) is 0 Å². The van der Waals surface area contributed by atoms with E-state index in [1.807, 2.05) is 11.3 Å². The molecule has 0 saturated carbocycles. The zero-order valence-corrected chi connectivity index (χ0v) is 7.08. The standard InChI is InChI=1S/C9H12S/c1-7-2-3-8-4-5-10-9(8)6-7/h4-5,7H,2-3,6H2,1H3. The fourth-order valence-electron chi connectivity index (χ4n) is 1.59. The Labute approximate surface area is 65.9 Å². The third-order valence-electron chi connectivity index (χ3n) is 2.28. The smallest absolute Gasteiger partial charge is 0.00798 e. The van der Waals surface area contributed by atoms with Crippen molar-refractivity contribution in [3.63, 3.8) is 0 Å². The minimum atomic E-state index is 0.922. The lowest BCUT2D eigenvalue weighted by molar-refractivity contribution is 0.508. The molecule has 1 heterocycles. The van der Waals surface area contributed by atoms with E-state index in [0.717, 1.165) is 5.92 Å². The number of fused-ring (bicyclic) bond motifs is 1. The minimum absolute atomic E-state index is 0.922. The van der Waals surface area contributed by atoms with Gasteiger partial charge in [0, 0.05) is 4.88 Å². The van der Waals surface area contributed by atoms with Crippen LogP contribution in [0.2, 0.25) is 0 Å². The van der Waals surface area contributed by atoms with Gasteiger partial charge < -0.3 is 0 Å². The largest absolute Gasteiger partial charge is 0.149 e. The molecule has 0 nitrogen and oxygen atoms in total. The molecule has 0 saturated heterocycles. The van der Waals surface area contributed by atoms with Crippen molar-refractivity contribution in [3.05, 3.63) is 21.9 Å². The molecule has 0 aromatic carbocycles. The highest BCUT2D eigenvalue weighted by Gasteiger charge is 2.14. The molecule has 0 spiro atoms. The average Bonchev–Trinajstić information content (AvgIpc) is 2.33. The number of thiophene rings is 1. The molecular weight excluding hydrogens is 140 g/mol. The monoisotopic (exact) mass is 152 g/mol. The summed E-state index contributed by atoms with van der Waals surface area (Å²) in [6.45, 7) is 2.35. The van der Waals surface area contributed by atoms with Gasteiger partial charge in [-0.3, -0.25) is 0 Å². The van der Waals surface area contributed by atoms with E-state index in [4.69, 9.17) is 0 Å². The van der Waals surface area contributed by atoms with Gasteiger partial charge in [0.1, 0.15) is 0 Å². The lowest BCUT2D eigenvalue weighted by Crippen LogP contribution is -2.07. The molecule has 10 heavy (non-hydrogen) atoms. The molecule has 1 aliphatic carbocycles. The molecule has 1 unspecified atom stereocenters. The van der Waals surface area contributed by atoms with Crippen LogP contribution in [0.1, 0.15) is 23.8 Å². The fraction of sp³-hybridized carbons (Fsp3) is 0.556. The van der Waals surface area contributed by atoms with Gasteiger partial charge in [-0.25, -0.2) is 0 Å². The quantitative estimate of drug-likeness (QED) is 0.536. The number of aryl methyl sites for hydroxylation is 1. The second-order valence-corrected chi connectivity index (χ2v) is 4.22. The first-order chi connectivity index (χ1) is 4.86. The van der Waals surface area contributed by atoms with Crippen LogP contribution in [0, 0.1) is 5.92 Å². The number of rotatable bonds is 0. The molecule has 1 aromatic heterocycles. The zero-order valence-electron chi connectivity index (χ0n) is 6.26. The van der Waals surface area contributed by atoms with Gasteiger partial charge in [-0.05, 0) is 42.2 Å². The van der Waals surface area contributed by atoms with Gasteiger partial charge in [0.25, 0.3) is 0 Å². The van der Waals surface area contributed by atoms with Crippen molar-refractivity contribution in [1.82, 2.24) is 0 Å². The van der Waals surface area contributed by atoms with Crippen LogP contribution in [0.3, 0.4) is 0 Å². The van der Waals surface area contributed by atoms with Crippen LogP contribution in [0.5, 0.6) is 0 Å². The minimum Gasteiger partial charge on any atom is -0.149 e. The molecule has 1 aliphatic rings. The van der Waals surface area contributed by atoms with Gasteiger partial charge in [-0.2, -0.15) is 0 Å². The predicted molar refractivity (Wildman–Crippen MR) is 45.5 cm³/mol. The van der Waals surface area contributed by atoms with Crippen molar-refractivity contribution in [2.45, 2.75) is 26.2 Å². The zero-order chi connectivity index (χ0) is 6.97. The van der Waals surface area contributed by atoms with E-state index < -0.39 is 0 Å². The Kier molecular flexibility index (Phi) is 1.53. The van der Waals surface area contributed by atoms with Crippen LogP contribution >= 0.6 is 11.3 Å². The summed E-state index contributed by atoms with van der Waals surface area (Å²) in [5, 5.41) is 2.22. The van der Waals surface area contributed by atoms with E-state index in [1.165, 1.54) is 19.3 Å². The van der Waals surface area contributed by atoms with Gasteiger partial charge in [0.2, 0.25) is 0 Å². The van der Waals surface area contributed by atoms with Gasteiger partial charge in [0.15, 0.2) is 0 Å². The molecule has 54 valence electrons. The van der Waals surface area contributed by atoms with Crippen molar-refractivity contribution < 1.29 is 0 Å². The molecule has 0 bridgehead atoms. The number of hydrogen-bond donors (Lipinski definition) is 0. The van der Waals surface area contributed by atoms with Crippen molar-refractivity contribution >= 4 is 11.3 Å². The number of hydrogen-bond acceptors (Lipinski definition) is 1. The topological polar surface area (TPSA) is 0 Å². The molecular formula is C9H12S. The normalized spacial score (nSPS) is 24.3. The first kappa shape index (κ1) is 6.41. The highest BCUT2D eigenvalue weighted by molar-refractivity contribution is 7.10. The summed E-state index contributed by atoms with van der Waals surface area (Å²) in [6, 6.07) is 2.28. The summed E-state index contributed by atoms with van der Waals surface area (Å²) in [4.78, 5) is 1.64. The van der Waals surface area contributed by atoms with E-state index >= 15 is 0 Å². The van der Waals surface area contributed by atoms with Gasteiger partial charge in [0.05, 0.1) is 0 Å². The van der Waals surface area contributed by atoms with Gasteiger partial charge in [-0.1, -0.05) is 6.92 Å². The molecule has 0 aliphatic heterocycles. The summed E-state index contributed by atoms with van der Waals surface area (Å²) in [7, 11) is 0. The van der Waals surface area contributed by atoms with Crippen LogP contribution in [0.25, 0.3) is 0 Å². The lowest BCUT2D eigenvalue weighted by Gasteiger charge is -2.16. The second kappa shape index (κ2) is 2.39. The third kappa shape index (κ3) is 0.988. The lowest BCUT2D eigenvalue weighted by atomic mass is 9.91. The highest BCUT2D eigenvalue weighted by atomic mass is 32.1. The predicted octanol–water partition coefficient (Wildman–Crippen LogP) is 2.87. The van der Waals surface area contributed by atoms with Crippen LogP contribution in [0.15, 0.2) is 11.4 Å². The van der Waals surface area contributed by atoms with Crippen LogP contribution in [-0.2, 0) is 12.8 Å². The molecule has 1 heteroatoms. The van der Waals surface area contributed by atoms with Crippen molar-refractivity contribution in [3.8, 4) is 0 Å². The molecule has 0 N–H and O–H groups in total. The highest BCUT2D eigenvalue weighted by Crippen LogP contribution is 2.28. The summed E-state index contributed by atoms with van der Waals surface area (Å²) in [5.41, 5.74) is 1.61. The first-order valence-electron chi connectivity index (χ1n) is 3.91. The Morgan fingerprint density at radius 2 is 2.50 bits per heavy atom. The van der Waals surface area contributed by atoms with Gasteiger partial charge >= 0.3 is 0 Å².